The van der Waals surface area contributed by atoms with E-state index in [2.05, 4.69) is 17.4 Å². The van der Waals surface area contributed by atoms with Gasteiger partial charge >= 0.3 is 0 Å². The summed E-state index contributed by atoms with van der Waals surface area (Å²) < 4.78 is 27.6. The van der Waals surface area contributed by atoms with Crippen molar-refractivity contribution in [2.45, 2.75) is 61.3 Å². The first-order chi connectivity index (χ1) is 17.9. The molecule has 1 aliphatic heterocycles. The van der Waals surface area contributed by atoms with E-state index in [1.54, 1.807) is 24.3 Å². The van der Waals surface area contributed by atoms with Crippen molar-refractivity contribution in [3.8, 4) is 11.1 Å². The molecule has 1 aliphatic carbocycles. The largest absolute Gasteiger partial charge is 0.395 e. The number of aliphatic hydroxyl groups excluding tert-OH is 1. The van der Waals surface area contributed by atoms with Crippen LogP contribution < -0.4 is 5.32 Å². The van der Waals surface area contributed by atoms with Crippen LogP contribution in [-0.2, 0) is 20.2 Å². The predicted molar refractivity (Wildman–Crippen MR) is 146 cm³/mol. The number of hydrogen-bond donors (Lipinski definition) is 2. The predicted octanol–water partition coefficient (Wildman–Crippen LogP) is 5.34. The van der Waals surface area contributed by atoms with Crippen LogP contribution in [0.4, 0.5) is 5.69 Å². The Morgan fingerprint density at radius 1 is 0.892 bits per heavy atom. The summed E-state index contributed by atoms with van der Waals surface area (Å²) in [5, 5.41) is 12.7. The molecule has 7 heteroatoms. The van der Waals surface area contributed by atoms with Gasteiger partial charge in [-0.25, -0.2) is 8.42 Å². The van der Waals surface area contributed by atoms with Crippen LogP contribution in [0, 0.1) is 0 Å². The summed E-state index contributed by atoms with van der Waals surface area (Å²) >= 11 is 0. The summed E-state index contributed by atoms with van der Waals surface area (Å²) in [4.78, 5) is 13.9. The molecule has 2 fully saturated rings. The Morgan fingerprint density at radius 3 is 2.32 bits per heavy atom. The molecule has 3 aromatic carbocycles. The third-order valence-electron chi connectivity index (χ3n) is 7.92. The molecular weight excluding hydrogens is 484 g/mol. The van der Waals surface area contributed by atoms with Crippen molar-refractivity contribution in [3.63, 3.8) is 0 Å². The Balaban J connectivity index is 1.36. The number of amides is 1. The summed E-state index contributed by atoms with van der Waals surface area (Å²) in [5.41, 5.74) is 3.04. The summed E-state index contributed by atoms with van der Waals surface area (Å²) in [6.07, 6.45) is 6.34. The third kappa shape index (κ3) is 5.08. The highest BCUT2D eigenvalue weighted by molar-refractivity contribution is 7.89. The van der Waals surface area contributed by atoms with E-state index in [4.69, 9.17) is 0 Å². The molecule has 2 aliphatic rings. The van der Waals surface area contributed by atoms with Crippen molar-refractivity contribution >= 4 is 21.6 Å². The summed E-state index contributed by atoms with van der Waals surface area (Å²) in [5.74, 6) is 0.0287. The Bertz CT molecular complexity index is 1330. The van der Waals surface area contributed by atoms with E-state index in [-0.39, 0.29) is 23.5 Å². The number of rotatable bonds is 7. The molecule has 1 saturated heterocycles. The number of anilines is 1. The molecule has 194 valence electrons. The van der Waals surface area contributed by atoms with Crippen molar-refractivity contribution in [1.82, 2.24) is 4.31 Å². The first-order valence-corrected chi connectivity index (χ1v) is 14.6. The van der Waals surface area contributed by atoms with Gasteiger partial charge in [-0.05, 0) is 66.6 Å². The van der Waals surface area contributed by atoms with Crippen molar-refractivity contribution in [2.75, 3.05) is 18.5 Å². The second-order valence-electron chi connectivity index (χ2n) is 10.2. The molecule has 0 unspecified atom stereocenters. The maximum absolute atomic E-state index is 13.7. The minimum Gasteiger partial charge on any atom is -0.395 e. The number of aliphatic hydroxyl groups is 1. The SMILES string of the molecule is O=C(Nc1cccc(-c2ccc(S(=O)(=O)N3CCC[C@@H]3CO)cc2)c1)C1(c2ccccc2)CCCCC1. The van der Waals surface area contributed by atoms with E-state index in [0.717, 1.165) is 60.9 Å². The fourth-order valence-electron chi connectivity index (χ4n) is 5.85. The van der Waals surface area contributed by atoms with Crippen LogP contribution in [0.5, 0.6) is 0 Å². The molecule has 5 rings (SSSR count). The van der Waals surface area contributed by atoms with Crippen molar-refractivity contribution < 1.29 is 18.3 Å². The molecule has 1 heterocycles. The molecule has 6 nitrogen and oxygen atoms in total. The summed E-state index contributed by atoms with van der Waals surface area (Å²) in [6, 6.07) is 24.3. The number of hydrogen-bond acceptors (Lipinski definition) is 4. The number of benzene rings is 3. The Labute approximate surface area is 219 Å². The minimum absolute atomic E-state index is 0.0287. The molecule has 1 amide bonds. The lowest BCUT2D eigenvalue weighted by atomic mass is 9.68. The van der Waals surface area contributed by atoms with Gasteiger partial charge in [-0.15, -0.1) is 0 Å². The normalized spacial score (nSPS) is 20.0. The fourth-order valence-corrected chi connectivity index (χ4v) is 7.53. The number of sulfonamides is 1. The Hall–Kier alpha value is -3.00. The minimum atomic E-state index is -3.65. The van der Waals surface area contributed by atoms with Crippen molar-refractivity contribution in [2.24, 2.45) is 0 Å². The molecular formula is C30H34N2O4S. The van der Waals surface area contributed by atoms with Crippen LogP contribution >= 0.6 is 0 Å². The maximum atomic E-state index is 13.7. The Morgan fingerprint density at radius 2 is 1.62 bits per heavy atom. The molecule has 2 N–H and O–H groups in total. The van der Waals surface area contributed by atoms with Gasteiger partial charge in [0.1, 0.15) is 0 Å². The van der Waals surface area contributed by atoms with Crippen LogP contribution in [0.25, 0.3) is 11.1 Å². The zero-order valence-electron chi connectivity index (χ0n) is 21.0. The number of carbonyl (C=O) groups excluding carboxylic acids is 1. The van der Waals surface area contributed by atoms with Crippen molar-refractivity contribution in [3.05, 3.63) is 84.4 Å². The molecule has 0 aromatic heterocycles. The van der Waals surface area contributed by atoms with Gasteiger partial charge in [0.05, 0.1) is 16.9 Å². The monoisotopic (exact) mass is 518 g/mol. The molecule has 1 atom stereocenters. The lowest BCUT2D eigenvalue weighted by Gasteiger charge is -2.36. The van der Waals surface area contributed by atoms with Crippen LogP contribution in [0.15, 0.2) is 83.8 Å². The van der Waals surface area contributed by atoms with Gasteiger partial charge < -0.3 is 10.4 Å². The van der Waals surface area contributed by atoms with Gasteiger partial charge in [-0.3, -0.25) is 4.79 Å². The van der Waals surface area contributed by atoms with Gasteiger partial charge in [0.15, 0.2) is 0 Å². The van der Waals surface area contributed by atoms with Crippen LogP contribution in [0.1, 0.15) is 50.5 Å². The van der Waals surface area contributed by atoms with E-state index in [1.165, 1.54) is 4.31 Å². The van der Waals surface area contributed by atoms with Gasteiger partial charge in [0, 0.05) is 18.3 Å². The lowest BCUT2D eigenvalue weighted by Crippen LogP contribution is -2.42. The first kappa shape index (κ1) is 25.6. The topological polar surface area (TPSA) is 86.7 Å². The highest BCUT2D eigenvalue weighted by atomic mass is 32.2. The fraction of sp³-hybridized carbons (Fsp3) is 0.367. The summed E-state index contributed by atoms with van der Waals surface area (Å²) in [6.45, 7) is 0.267. The standard InChI is InChI=1S/C30H34N2O4S/c33-22-27-13-8-20-32(27)37(35,36)28-16-14-23(15-17-28)24-9-7-12-26(21-24)31-29(34)30(18-5-2-6-19-30)25-10-3-1-4-11-25/h1,3-4,7,9-12,14-17,21,27,33H,2,5-6,8,13,18-20,22H2,(H,31,34)/t27-/m1/s1. The number of nitrogens with zero attached hydrogens (tertiary/aromatic N) is 1. The van der Waals surface area contributed by atoms with E-state index >= 15 is 0 Å². The average molecular weight is 519 g/mol. The second-order valence-corrected chi connectivity index (χ2v) is 12.1. The van der Waals surface area contributed by atoms with Gasteiger partial charge in [-0.2, -0.15) is 4.31 Å². The maximum Gasteiger partial charge on any atom is 0.243 e. The molecule has 1 saturated carbocycles. The molecule has 37 heavy (non-hydrogen) atoms. The number of carbonyl (C=O) groups is 1. The third-order valence-corrected chi connectivity index (χ3v) is 9.88. The zero-order chi connectivity index (χ0) is 25.9. The molecule has 0 bridgehead atoms. The van der Waals surface area contributed by atoms with Gasteiger partial charge in [-0.1, -0.05) is 73.9 Å². The van der Waals surface area contributed by atoms with Crippen LogP contribution in [0.3, 0.4) is 0 Å². The van der Waals surface area contributed by atoms with E-state index in [1.807, 2.05) is 42.5 Å². The van der Waals surface area contributed by atoms with Crippen LogP contribution in [-0.4, -0.2) is 42.9 Å². The average Bonchev–Trinajstić information content (AvgIpc) is 3.44. The lowest BCUT2D eigenvalue weighted by molar-refractivity contribution is -0.122. The second kappa shape index (κ2) is 10.8. The van der Waals surface area contributed by atoms with Gasteiger partial charge in [0.25, 0.3) is 0 Å². The smallest absolute Gasteiger partial charge is 0.243 e. The van der Waals surface area contributed by atoms with Crippen LogP contribution in [0.2, 0.25) is 0 Å². The highest BCUT2D eigenvalue weighted by Crippen LogP contribution is 2.40. The Kier molecular flexibility index (Phi) is 7.47. The van der Waals surface area contributed by atoms with Crippen molar-refractivity contribution in [1.29, 1.82) is 0 Å². The van der Waals surface area contributed by atoms with Gasteiger partial charge in [0.2, 0.25) is 15.9 Å². The number of nitrogens with one attached hydrogen (secondary N) is 1. The molecule has 0 radical (unpaired) electrons. The first-order valence-electron chi connectivity index (χ1n) is 13.1. The quantitative estimate of drug-likeness (QED) is 0.442. The van der Waals surface area contributed by atoms with E-state index in [9.17, 15) is 18.3 Å². The zero-order valence-corrected chi connectivity index (χ0v) is 21.8. The summed E-state index contributed by atoms with van der Waals surface area (Å²) in [7, 11) is -3.65. The van der Waals surface area contributed by atoms with E-state index in [0.29, 0.717) is 13.0 Å². The van der Waals surface area contributed by atoms with E-state index < -0.39 is 15.4 Å². The highest BCUT2D eigenvalue weighted by Gasteiger charge is 2.41. The molecule has 3 aromatic rings. The molecule has 0 spiro atoms.